The highest BCUT2D eigenvalue weighted by Crippen LogP contribution is 2.50. The van der Waals surface area contributed by atoms with E-state index >= 15 is 0 Å². The van der Waals surface area contributed by atoms with Crippen molar-refractivity contribution in [1.29, 1.82) is 0 Å². The Kier molecular flexibility index (Phi) is 8.86. The number of para-hydroxylation sites is 1. The number of allylic oxidation sites excluding steroid dienone is 6. The van der Waals surface area contributed by atoms with Crippen LogP contribution in [0.4, 0.5) is 0 Å². The lowest BCUT2D eigenvalue weighted by molar-refractivity contribution is 0.604. The molecule has 0 saturated heterocycles. The third kappa shape index (κ3) is 7.26. The van der Waals surface area contributed by atoms with Crippen molar-refractivity contribution in [3.8, 4) is 5.75 Å². The monoisotopic (exact) mass is 391 g/mol. The number of aliphatic imine (C=N–C) groups is 1. The van der Waals surface area contributed by atoms with Gasteiger partial charge in [-0.25, -0.2) is 0 Å². The Labute approximate surface area is 170 Å². The average Bonchev–Trinajstić information content (AvgIpc) is 2.66. The van der Waals surface area contributed by atoms with Crippen LogP contribution in [0.2, 0.25) is 0 Å². The Morgan fingerprint density at radius 2 is 1.89 bits per heavy atom. The molecule has 0 amide bonds. The van der Waals surface area contributed by atoms with Gasteiger partial charge in [0.25, 0.3) is 0 Å². The van der Waals surface area contributed by atoms with Crippen molar-refractivity contribution in [2.24, 2.45) is 4.99 Å². The molecule has 28 heavy (non-hydrogen) atoms. The zero-order valence-electron chi connectivity index (χ0n) is 17.2. The maximum atomic E-state index is 6.58. The summed E-state index contributed by atoms with van der Waals surface area (Å²) >= 11 is 0. The van der Waals surface area contributed by atoms with E-state index in [0.717, 1.165) is 36.6 Å². The summed E-state index contributed by atoms with van der Waals surface area (Å²) in [5, 5.41) is 0. The van der Waals surface area contributed by atoms with E-state index in [1.807, 2.05) is 61.7 Å². The Bertz CT molecular complexity index is 933. The first-order chi connectivity index (χ1) is 13.5. The number of benzene rings is 1. The molecule has 0 heterocycles. The largest absolute Gasteiger partial charge is 0.477 e. The summed E-state index contributed by atoms with van der Waals surface area (Å²) in [5.41, 5.74) is 9.91. The van der Waals surface area contributed by atoms with Gasteiger partial charge in [0, 0.05) is 25.1 Å². The highest BCUT2D eigenvalue weighted by molar-refractivity contribution is 7.69. The van der Waals surface area contributed by atoms with E-state index in [1.54, 1.807) is 0 Å². The van der Waals surface area contributed by atoms with Gasteiger partial charge in [-0.15, -0.1) is 11.5 Å². The summed E-state index contributed by atoms with van der Waals surface area (Å²) in [6, 6.07) is 8.17. The molecule has 0 N–H and O–H groups in total. The standard InChI is InChI=1S/C25H30NOP/c1-5-26-19-13-8-14-20-28(4,27-25-18-12-11-16-23(25)3)21-24-17-10-7-6-9-15-22(24)2/h6-8,11-13,15-19H,4-5,14,20-21H2,1-3H3/b13-8-,24-22+,26-19-. The van der Waals surface area contributed by atoms with Crippen LogP contribution in [0.5, 0.6) is 5.75 Å². The van der Waals surface area contributed by atoms with Crippen LogP contribution in [0.25, 0.3) is 0 Å². The van der Waals surface area contributed by atoms with Gasteiger partial charge in [0.2, 0.25) is 0 Å². The Hall–Kier alpha value is -2.49. The van der Waals surface area contributed by atoms with Crippen molar-refractivity contribution in [3.05, 3.63) is 88.9 Å². The van der Waals surface area contributed by atoms with Crippen molar-refractivity contribution in [1.82, 2.24) is 0 Å². The van der Waals surface area contributed by atoms with Crippen molar-refractivity contribution in [2.75, 3.05) is 18.9 Å². The fourth-order valence-electron chi connectivity index (χ4n) is 2.76. The van der Waals surface area contributed by atoms with E-state index < -0.39 is 7.11 Å². The van der Waals surface area contributed by atoms with Gasteiger partial charge >= 0.3 is 0 Å². The lowest BCUT2D eigenvalue weighted by Crippen LogP contribution is -2.06. The van der Waals surface area contributed by atoms with Crippen LogP contribution < -0.4 is 4.52 Å². The number of nitrogens with zero attached hydrogens (tertiary/aromatic N) is 1. The van der Waals surface area contributed by atoms with Crippen LogP contribution in [-0.2, 0) is 0 Å². The molecular formula is C25H30NOP. The summed E-state index contributed by atoms with van der Waals surface area (Å²) in [5.74, 6) is 0.932. The van der Waals surface area contributed by atoms with Gasteiger partial charge in [-0.1, -0.05) is 30.6 Å². The van der Waals surface area contributed by atoms with Crippen LogP contribution in [0.1, 0.15) is 25.8 Å². The molecule has 0 aromatic heterocycles. The molecule has 0 bridgehead atoms. The number of rotatable bonds is 9. The van der Waals surface area contributed by atoms with Gasteiger partial charge in [-0.3, -0.25) is 4.99 Å². The average molecular weight is 391 g/mol. The molecule has 1 aromatic carbocycles. The molecule has 3 heteroatoms. The molecule has 1 aliphatic carbocycles. The van der Waals surface area contributed by atoms with Gasteiger partial charge in [0.15, 0.2) is 0 Å². The van der Waals surface area contributed by atoms with Gasteiger partial charge in [0.05, 0.1) is 7.11 Å². The van der Waals surface area contributed by atoms with Crippen LogP contribution in [-0.4, -0.2) is 31.4 Å². The number of hydrogen-bond acceptors (Lipinski definition) is 2. The van der Waals surface area contributed by atoms with E-state index in [-0.39, 0.29) is 0 Å². The second-order valence-corrected chi connectivity index (χ2v) is 9.89. The molecule has 2 rings (SSSR count). The van der Waals surface area contributed by atoms with Crippen molar-refractivity contribution >= 4 is 19.6 Å². The quantitative estimate of drug-likeness (QED) is 0.266. The number of aryl methyl sites for hydroxylation is 1. The minimum Gasteiger partial charge on any atom is -0.477 e. The Balaban J connectivity index is 2.26. The summed E-state index contributed by atoms with van der Waals surface area (Å²) in [6.45, 7) is 7.03. The molecule has 1 unspecified atom stereocenters. The maximum Gasteiger partial charge on any atom is 0.125 e. The smallest absolute Gasteiger partial charge is 0.125 e. The van der Waals surface area contributed by atoms with Crippen LogP contribution in [0.15, 0.2) is 88.3 Å². The first-order valence-electron chi connectivity index (χ1n) is 9.69. The van der Waals surface area contributed by atoms with Crippen LogP contribution in [0, 0.1) is 6.92 Å². The molecule has 1 aliphatic rings. The van der Waals surface area contributed by atoms with Gasteiger partial charge < -0.3 is 4.52 Å². The molecule has 2 nitrogen and oxygen atoms in total. The van der Waals surface area contributed by atoms with E-state index in [0.29, 0.717) is 0 Å². The summed E-state index contributed by atoms with van der Waals surface area (Å²) in [6.07, 6.45) is 21.1. The topological polar surface area (TPSA) is 21.6 Å². The zero-order chi connectivity index (χ0) is 20.2. The Morgan fingerprint density at radius 3 is 2.64 bits per heavy atom. The lowest BCUT2D eigenvalue weighted by atomic mass is 10.1. The fourth-order valence-corrected chi connectivity index (χ4v) is 5.28. The predicted molar refractivity (Wildman–Crippen MR) is 126 cm³/mol. The van der Waals surface area contributed by atoms with Crippen LogP contribution >= 0.6 is 7.11 Å². The molecule has 0 radical (unpaired) electrons. The van der Waals surface area contributed by atoms with Crippen molar-refractivity contribution < 1.29 is 4.52 Å². The lowest BCUT2D eigenvalue weighted by Gasteiger charge is -2.27. The van der Waals surface area contributed by atoms with E-state index in [2.05, 4.69) is 48.7 Å². The third-order valence-electron chi connectivity index (χ3n) is 4.40. The molecule has 1 atom stereocenters. The molecule has 0 aliphatic heterocycles. The molecular weight excluding hydrogens is 361 g/mol. The summed E-state index contributed by atoms with van der Waals surface area (Å²) in [7, 11) is -1.96. The SMILES string of the molecule is C=P(CC/C=C\C=N/CC)(C/C1=C(\C)C=C=CC=C=C1)Oc1ccccc1C. The third-order valence-corrected chi connectivity index (χ3v) is 6.97. The minimum absolute atomic E-state index is 0.808. The molecule has 0 spiro atoms. The van der Waals surface area contributed by atoms with Gasteiger partial charge in [-0.05, 0) is 80.3 Å². The van der Waals surface area contributed by atoms with Crippen LogP contribution in [0.3, 0.4) is 0 Å². The molecule has 1 aromatic rings. The first-order valence-corrected chi connectivity index (χ1v) is 12.0. The minimum atomic E-state index is -1.96. The first kappa shape index (κ1) is 21.8. The fraction of sp³-hybridized carbons (Fsp3) is 0.280. The van der Waals surface area contributed by atoms with E-state index in [9.17, 15) is 0 Å². The molecule has 0 saturated carbocycles. The summed E-state index contributed by atoms with van der Waals surface area (Å²) in [4.78, 5) is 4.22. The zero-order valence-corrected chi connectivity index (χ0v) is 18.1. The summed E-state index contributed by atoms with van der Waals surface area (Å²) < 4.78 is 6.58. The van der Waals surface area contributed by atoms with Crippen molar-refractivity contribution in [2.45, 2.75) is 27.2 Å². The van der Waals surface area contributed by atoms with Crippen molar-refractivity contribution in [3.63, 3.8) is 0 Å². The highest BCUT2D eigenvalue weighted by atomic mass is 31.2. The molecule has 146 valence electrons. The Morgan fingerprint density at radius 1 is 1.14 bits per heavy atom. The highest BCUT2D eigenvalue weighted by Gasteiger charge is 2.19. The normalized spacial score (nSPS) is 18.5. The molecule has 0 fully saturated rings. The second-order valence-electron chi connectivity index (χ2n) is 6.82. The maximum absolute atomic E-state index is 6.58. The van der Waals surface area contributed by atoms with Gasteiger partial charge in [-0.2, -0.15) is 0 Å². The van der Waals surface area contributed by atoms with E-state index in [4.69, 9.17) is 4.52 Å². The van der Waals surface area contributed by atoms with Gasteiger partial charge in [0.1, 0.15) is 5.75 Å². The second kappa shape index (κ2) is 11.4. The predicted octanol–water partition coefficient (Wildman–Crippen LogP) is 6.53. The van der Waals surface area contributed by atoms with E-state index in [1.165, 1.54) is 11.1 Å². The number of hydrogen-bond donors (Lipinski definition) is 0.